The van der Waals surface area contributed by atoms with E-state index in [0.29, 0.717) is 6.42 Å². The molecule has 0 radical (unpaired) electrons. The van der Waals surface area contributed by atoms with E-state index in [1.54, 1.807) is 17.6 Å². The van der Waals surface area contributed by atoms with E-state index in [1.807, 2.05) is 24.5 Å². The average Bonchev–Trinajstić information content (AvgIpc) is 2.44. The number of hydrogen-bond acceptors (Lipinski definition) is 3. The van der Waals surface area contributed by atoms with E-state index in [-0.39, 0.29) is 19.3 Å². The average molecular weight is 312 g/mol. The van der Waals surface area contributed by atoms with Crippen molar-refractivity contribution in [2.24, 2.45) is 0 Å². The molecule has 0 saturated heterocycles. The molecule has 0 bridgehead atoms. The van der Waals surface area contributed by atoms with Crippen LogP contribution in [0.15, 0.2) is 24.3 Å². The Hall–Kier alpha value is -2.02. The van der Waals surface area contributed by atoms with Crippen molar-refractivity contribution in [3.63, 3.8) is 0 Å². The van der Waals surface area contributed by atoms with Crippen LogP contribution in [0.4, 0.5) is 8.78 Å². The first-order valence-electron chi connectivity index (χ1n) is 7.00. The molecule has 3 N–H and O–H groups in total. The highest BCUT2D eigenvalue weighted by Crippen LogP contribution is 2.44. The van der Waals surface area contributed by atoms with Gasteiger partial charge in [-0.25, -0.2) is 0 Å². The molecule has 22 heavy (non-hydrogen) atoms. The molecule has 1 aliphatic rings. The van der Waals surface area contributed by atoms with Gasteiger partial charge < -0.3 is 5.11 Å². The lowest BCUT2D eigenvalue weighted by atomic mass is 9.75. The van der Waals surface area contributed by atoms with E-state index in [0.717, 1.165) is 11.1 Å². The Bertz CT molecular complexity index is 586. The Morgan fingerprint density at radius 1 is 1.27 bits per heavy atom. The van der Waals surface area contributed by atoms with Crippen molar-refractivity contribution in [3.05, 3.63) is 35.4 Å². The van der Waals surface area contributed by atoms with Gasteiger partial charge in [0.2, 0.25) is 5.91 Å². The van der Waals surface area contributed by atoms with Crippen molar-refractivity contribution in [2.45, 2.75) is 44.1 Å². The van der Waals surface area contributed by atoms with Gasteiger partial charge in [-0.05, 0) is 37.3 Å². The molecule has 2 rings (SSSR count). The summed E-state index contributed by atoms with van der Waals surface area (Å²) in [6, 6.07) is 7.14. The summed E-state index contributed by atoms with van der Waals surface area (Å²) in [5, 5.41) is 9.62. The molecule has 0 spiro atoms. The van der Waals surface area contributed by atoms with Crippen LogP contribution < -0.4 is 10.9 Å². The summed E-state index contributed by atoms with van der Waals surface area (Å²) in [6.07, 6.45) is 0.136. The van der Waals surface area contributed by atoms with Crippen LogP contribution in [0.2, 0.25) is 0 Å². The van der Waals surface area contributed by atoms with Crippen molar-refractivity contribution < 1.29 is 23.5 Å². The molecule has 5 nitrogen and oxygen atoms in total. The lowest BCUT2D eigenvalue weighted by molar-refractivity contribution is -0.216. The van der Waals surface area contributed by atoms with Crippen LogP contribution in [0.1, 0.15) is 30.4 Å². The molecule has 7 heteroatoms. The molecule has 120 valence electrons. The van der Waals surface area contributed by atoms with Crippen LogP contribution in [0, 0.1) is 6.92 Å². The fourth-order valence-electron chi connectivity index (χ4n) is 2.27. The van der Waals surface area contributed by atoms with Crippen LogP contribution in [0.5, 0.6) is 0 Å². The summed E-state index contributed by atoms with van der Waals surface area (Å²) in [5.74, 6) is -6.24. The standard InChI is InChI=1S/C15H18F2N2O3/c1-10-5-2-3-6-11(10)9-12(20)18-19-13(21)15(16,17)14(22)7-4-8-14/h2-3,5-6,22H,4,7-9H2,1H3,(H,18,20)(H,19,21). The molecule has 0 atom stereocenters. The number of benzene rings is 1. The second kappa shape index (κ2) is 6.00. The van der Waals surface area contributed by atoms with Crippen molar-refractivity contribution in [3.8, 4) is 0 Å². The maximum absolute atomic E-state index is 13.8. The zero-order valence-corrected chi connectivity index (χ0v) is 12.2. The van der Waals surface area contributed by atoms with Crippen LogP contribution in [-0.4, -0.2) is 28.4 Å². The SMILES string of the molecule is Cc1ccccc1CC(=O)NNC(=O)C(F)(F)C1(O)CCC1. The molecule has 1 saturated carbocycles. The predicted octanol–water partition coefficient (Wildman–Crippen LogP) is 1.24. The van der Waals surface area contributed by atoms with Gasteiger partial charge in [-0.2, -0.15) is 8.78 Å². The number of nitrogens with one attached hydrogen (secondary N) is 2. The molecule has 2 amide bonds. The van der Waals surface area contributed by atoms with Gasteiger partial charge in [0.1, 0.15) is 5.60 Å². The third-order valence-corrected chi connectivity index (χ3v) is 3.98. The zero-order valence-electron chi connectivity index (χ0n) is 12.2. The number of rotatable bonds is 4. The molecule has 1 aromatic rings. The lowest BCUT2D eigenvalue weighted by Gasteiger charge is -2.41. The highest BCUT2D eigenvalue weighted by atomic mass is 19.3. The van der Waals surface area contributed by atoms with E-state index in [2.05, 4.69) is 0 Å². The molecule has 0 heterocycles. The van der Waals surface area contributed by atoms with Gasteiger partial charge in [-0.15, -0.1) is 0 Å². The molecule has 0 aromatic heterocycles. The van der Waals surface area contributed by atoms with Crippen molar-refractivity contribution >= 4 is 11.8 Å². The number of aliphatic hydroxyl groups is 1. The second-order valence-corrected chi connectivity index (χ2v) is 5.57. The van der Waals surface area contributed by atoms with E-state index >= 15 is 0 Å². The van der Waals surface area contributed by atoms with Crippen molar-refractivity contribution in [1.82, 2.24) is 10.9 Å². The highest BCUT2D eigenvalue weighted by molar-refractivity contribution is 5.88. The number of aryl methyl sites for hydroxylation is 1. The molecule has 1 aliphatic carbocycles. The Balaban J connectivity index is 1.88. The van der Waals surface area contributed by atoms with E-state index < -0.39 is 23.3 Å². The molecule has 0 unspecified atom stereocenters. The number of hydrazine groups is 1. The van der Waals surface area contributed by atoms with Crippen LogP contribution in [-0.2, 0) is 16.0 Å². The van der Waals surface area contributed by atoms with Gasteiger partial charge in [-0.3, -0.25) is 20.4 Å². The number of carbonyl (C=O) groups is 2. The van der Waals surface area contributed by atoms with Gasteiger partial charge in [0.15, 0.2) is 0 Å². The predicted molar refractivity (Wildman–Crippen MR) is 74.9 cm³/mol. The summed E-state index contributed by atoms with van der Waals surface area (Å²) in [4.78, 5) is 23.2. The number of alkyl halides is 2. The minimum atomic E-state index is -3.93. The van der Waals surface area contributed by atoms with E-state index in [1.165, 1.54) is 0 Å². The summed E-state index contributed by atoms with van der Waals surface area (Å²) in [5.41, 5.74) is 2.96. The quantitative estimate of drug-likeness (QED) is 0.732. The summed E-state index contributed by atoms with van der Waals surface area (Å²) < 4.78 is 27.5. The number of amides is 2. The topological polar surface area (TPSA) is 78.4 Å². The van der Waals surface area contributed by atoms with E-state index in [9.17, 15) is 23.5 Å². The Morgan fingerprint density at radius 2 is 1.91 bits per heavy atom. The Morgan fingerprint density at radius 3 is 2.45 bits per heavy atom. The van der Waals surface area contributed by atoms with Gasteiger partial charge in [0.25, 0.3) is 0 Å². The Labute approximate surface area is 126 Å². The van der Waals surface area contributed by atoms with Gasteiger partial charge in [0.05, 0.1) is 6.42 Å². The summed E-state index contributed by atoms with van der Waals surface area (Å²) >= 11 is 0. The largest absolute Gasteiger partial charge is 0.383 e. The number of halogens is 2. The first-order valence-corrected chi connectivity index (χ1v) is 7.00. The minimum absolute atomic E-state index is 0.0389. The normalized spacial score (nSPS) is 16.5. The van der Waals surface area contributed by atoms with Crippen LogP contribution >= 0.6 is 0 Å². The first-order chi connectivity index (χ1) is 10.3. The van der Waals surface area contributed by atoms with Crippen LogP contribution in [0.25, 0.3) is 0 Å². The number of carbonyl (C=O) groups excluding carboxylic acids is 2. The van der Waals surface area contributed by atoms with Gasteiger partial charge in [0, 0.05) is 0 Å². The molecule has 1 aromatic carbocycles. The molecule has 0 aliphatic heterocycles. The first kappa shape index (κ1) is 16.4. The minimum Gasteiger partial charge on any atom is -0.383 e. The molecular weight excluding hydrogens is 294 g/mol. The van der Waals surface area contributed by atoms with Crippen molar-refractivity contribution in [2.75, 3.05) is 0 Å². The van der Waals surface area contributed by atoms with Gasteiger partial charge in [-0.1, -0.05) is 24.3 Å². The Kier molecular flexibility index (Phi) is 4.46. The maximum atomic E-state index is 13.8. The van der Waals surface area contributed by atoms with Crippen LogP contribution in [0.3, 0.4) is 0 Å². The lowest BCUT2D eigenvalue weighted by Crippen LogP contribution is -2.62. The fraction of sp³-hybridized carbons (Fsp3) is 0.467. The van der Waals surface area contributed by atoms with E-state index in [4.69, 9.17) is 0 Å². The summed E-state index contributed by atoms with van der Waals surface area (Å²) in [7, 11) is 0. The second-order valence-electron chi connectivity index (χ2n) is 5.57. The van der Waals surface area contributed by atoms with Crippen molar-refractivity contribution in [1.29, 1.82) is 0 Å². The smallest absolute Gasteiger partial charge is 0.354 e. The number of hydrogen-bond donors (Lipinski definition) is 3. The molecule has 1 fully saturated rings. The van der Waals surface area contributed by atoms with Gasteiger partial charge >= 0.3 is 11.8 Å². The molecular formula is C15H18F2N2O3. The maximum Gasteiger partial charge on any atom is 0.354 e. The third kappa shape index (κ3) is 3.09. The third-order valence-electron chi connectivity index (χ3n) is 3.98. The summed E-state index contributed by atoms with van der Waals surface area (Å²) in [6.45, 7) is 1.82. The monoisotopic (exact) mass is 312 g/mol. The highest BCUT2D eigenvalue weighted by Gasteiger charge is 2.61. The zero-order chi connectivity index (χ0) is 16.4. The fourth-order valence-corrected chi connectivity index (χ4v) is 2.27.